The number of ether oxygens (including phenoxy) is 1. The maximum absolute atomic E-state index is 14.0. The lowest BCUT2D eigenvalue weighted by atomic mass is 10.0. The number of nitrogens with one attached hydrogen (secondary N) is 1. The second-order valence-corrected chi connectivity index (χ2v) is 5.44. The van der Waals surface area contributed by atoms with Crippen molar-refractivity contribution >= 4 is 5.69 Å². The molecule has 20 heavy (non-hydrogen) atoms. The summed E-state index contributed by atoms with van der Waals surface area (Å²) in [7, 11) is 0. The molecule has 1 fully saturated rings. The maximum atomic E-state index is 14.0. The first-order chi connectivity index (χ1) is 9.65. The van der Waals surface area contributed by atoms with Gasteiger partial charge in [-0.2, -0.15) is 0 Å². The number of rotatable bonds is 5. The van der Waals surface area contributed by atoms with Crippen LogP contribution in [0.25, 0.3) is 0 Å². The molecular weight excluding hydrogens is 255 g/mol. The average Bonchev–Trinajstić information content (AvgIpc) is 2.44. The number of nitrogens with zero attached hydrogens (tertiary/aromatic N) is 1. The van der Waals surface area contributed by atoms with E-state index in [2.05, 4.69) is 24.1 Å². The number of piperazine rings is 1. The predicted molar refractivity (Wildman–Crippen MR) is 81.1 cm³/mol. The Hall–Kier alpha value is -1.29. The first kappa shape index (κ1) is 15.1. The van der Waals surface area contributed by atoms with E-state index in [1.165, 1.54) is 0 Å². The van der Waals surface area contributed by atoms with Gasteiger partial charge >= 0.3 is 0 Å². The van der Waals surface area contributed by atoms with E-state index in [1.54, 1.807) is 12.1 Å². The Kier molecular flexibility index (Phi) is 5.24. The van der Waals surface area contributed by atoms with Crippen molar-refractivity contribution in [3.63, 3.8) is 0 Å². The highest BCUT2D eigenvalue weighted by atomic mass is 19.1. The van der Waals surface area contributed by atoms with Gasteiger partial charge < -0.3 is 15.0 Å². The summed E-state index contributed by atoms with van der Waals surface area (Å²) in [5.41, 5.74) is 0.945. The Balaban J connectivity index is 2.14. The Morgan fingerprint density at radius 3 is 2.85 bits per heavy atom. The van der Waals surface area contributed by atoms with Gasteiger partial charge in [0.2, 0.25) is 0 Å². The normalized spacial score (nSPS) is 22.9. The first-order valence-electron chi connectivity index (χ1n) is 7.58. The number of hydrogen-bond donors (Lipinski definition) is 1. The predicted octanol–water partition coefficient (Wildman–Crippen LogP) is 3.19. The van der Waals surface area contributed by atoms with Gasteiger partial charge in [0.25, 0.3) is 0 Å². The molecule has 1 aliphatic rings. The number of anilines is 1. The summed E-state index contributed by atoms with van der Waals surface area (Å²) < 4.78 is 19.3. The van der Waals surface area contributed by atoms with Crippen LogP contribution in [0.1, 0.15) is 33.6 Å². The molecular formula is C16H25FN2O. The molecule has 3 nitrogen and oxygen atoms in total. The fourth-order valence-electron chi connectivity index (χ4n) is 2.77. The number of hydrogen-bond acceptors (Lipinski definition) is 3. The van der Waals surface area contributed by atoms with Crippen molar-refractivity contribution in [2.75, 3.05) is 24.6 Å². The summed E-state index contributed by atoms with van der Waals surface area (Å²) >= 11 is 0. The molecule has 1 heterocycles. The minimum atomic E-state index is -0.276. The number of benzene rings is 1. The molecule has 2 atom stereocenters. The summed E-state index contributed by atoms with van der Waals surface area (Å²) in [6.07, 6.45) is 2.32. The van der Waals surface area contributed by atoms with Crippen LogP contribution in [0.15, 0.2) is 18.2 Å². The van der Waals surface area contributed by atoms with E-state index in [0.29, 0.717) is 24.4 Å². The van der Waals surface area contributed by atoms with Crippen LogP contribution < -0.4 is 15.0 Å². The van der Waals surface area contributed by atoms with E-state index < -0.39 is 0 Å². The van der Waals surface area contributed by atoms with E-state index in [9.17, 15) is 4.39 Å². The molecule has 2 rings (SSSR count). The van der Waals surface area contributed by atoms with Crippen molar-refractivity contribution in [3.05, 3.63) is 24.0 Å². The lowest BCUT2D eigenvalue weighted by Gasteiger charge is -2.40. The van der Waals surface area contributed by atoms with E-state index in [4.69, 9.17) is 4.74 Å². The van der Waals surface area contributed by atoms with Crippen LogP contribution >= 0.6 is 0 Å². The highest BCUT2D eigenvalue weighted by Gasteiger charge is 2.25. The fourth-order valence-corrected chi connectivity index (χ4v) is 2.77. The van der Waals surface area contributed by atoms with Gasteiger partial charge in [-0.1, -0.05) is 13.3 Å². The van der Waals surface area contributed by atoms with Crippen molar-refractivity contribution in [2.45, 2.75) is 45.7 Å². The van der Waals surface area contributed by atoms with Crippen molar-refractivity contribution in [2.24, 2.45) is 0 Å². The van der Waals surface area contributed by atoms with E-state index >= 15 is 0 Å². The molecule has 1 aliphatic heterocycles. The van der Waals surface area contributed by atoms with Crippen molar-refractivity contribution in [1.82, 2.24) is 5.32 Å². The molecule has 1 aromatic carbocycles. The minimum Gasteiger partial charge on any atom is -0.491 e. The smallest absolute Gasteiger partial charge is 0.167 e. The highest BCUT2D eigenvalue weighted by molar-refractivity contribution is 5.51. The molecule has 112 valence electrons. The van der Waals surface area contributed by atoms with Crippen LogP contribution in [0.4, 0.5) is 10.1 Å². The molecule has 0 aromatic heterocycles. The van der Waals surface area contributed by atoms with E-state index in [0.717, 1.165) is 31.6 Å². The lowest BCUT2D eigenvalue weighted by molar-refractivity contribution is 0.321. The quantitative estimate of drug-likeness (QED) is 0.896. The van der Waals surface area contributed by atoms with Gasteiger partial charge in [-0.25, -0.2) is 4.39 Å². The SMILES string of the molecule is CCCC1CN(c2ccc(OCC)c(F)c2)C(C)CN1. The van der Waals surface area contributed by atoms with Gasteiger partial charge in [-0.15, -0.1) is 0 Å². The van der Waals surface area contributed by atoms with Crippen LogP contribution in [-0.2, 0) is 0 Å². The van der Waals surface area contributed by atoms with Gasteiger partial charge in [0.1, 0.15) is 0 Å². The van der Waals surface area contributed by atoms with Gasteiger partial charge in [-0.05, 0) is 32.4 Å². The van der Waals surface area contributed by atoms with E-state index in [-0.39, 0.29) is 5.82 Å². The monoisotopic (exact) mass is 280 g/mol. The second kappa shape index (κ2) is 6.93. The first-order valence-corrected chi connectivity index (χ1v) is 7.58. The van der Waals surface area contributed by atoms with Crippen molar-refractivity contribution in [1.29, 1.82) is 0 Å². The minimum absolute atomic E-state index is 0.276. The Morgan fingerprint density at radius 1 is 1.40 bits per heavy atom. The van der Waals surface area contributed by atoms with Gasteiger partial charge in [0.15, 0.2) is 11.6 Å². The van der Waals surface area contributed by atoms with Crippen molar-refractivity contribution < 1.29 is 9.13 Å². The van der Waals surface area contributed by atoms with Crippen LogP contribution in [-0.4, -0.2) is 31.8 Å². The standard InChI is InChI=1S/C16H25FN2O/c1-4-6-13-11-19(12(3)10-18-13)14-7-8-16(20-5-2)15(17)9-14/h7-9,12-13,18H,4-6,10-11H2,1-3H3. The maximum Gasteiger partial charge on any atom is 0.167 e. The highest BCUT2D eigenvalue weighted by Crippen LogP contribution is 2.26. The zero-order valence-electron chi connectivity index (χ0n) is 12.7. The Labute approximate surface area is 121 Å². The third-order valence-electron chi connectivity index (χ3n) is 3.84. The third-order valence-corrected chi connectivity index (χ3v) is 3.84. The van der Waals surface area contributed by atoms with Crippen molar-refractivity contribution in [3.8, 4) is 5.75 Å². The van der Waals surface area contributed by atoms with Gasteiger partial charge in [0, 0.05) is 36.9 Å². The Morgan fingerprint density at radius 2 is 2.20 bits per heavy atom. The average molecular weight is 280 g/mol. The summed E-state index contributed by atoms with van der Waals surface area (Å²) in [6, 6.07) is 6.15. The molecule has 2 unspecified atom stereocenters. The zero-order valence-corrected chi connectivity index (χ0v) is 12.7. The van der Waals surface area contributed by atoms with E-state index in [1.807, 2.05) is 13.0 Å². The van der Waals surface area contributed by atoms with Crippen LogP contribution in [0.5, 0.6) is 5.75 Å². The molecule has 4 heteroatoms. The molecule has 0 aliphatic carbocycles. The second-order valence-electron chi connectivity index (χ2n) is 5.44. The third kappa shape index (κ3) is 3.42. The molecule has 0 radical (unpaired) electrons. The summed E-state index contributed by atoms with van der Waals surface area (Å²) in [5.74, 6) is 0.0614. The summed E-state index contributed by atoms with van der Waals surface area (Å²) in [6.45, 7) is 8.59. The van der Waals surface area contributed by atoms with Gasteiger partial charge in [-0.3, -0.25) is 0 Å². The molecule has 1 saturated heterocycles. The Bertz CT molecular complexity index is 438. The molecule has 0 amide bonds. The molecule has 1 N–H and O–H groups in total. The zero-order chi connectivity index (χ0) is 14.5. The summed E-state index contributed by atoms with van der Waals surface area (Å²) in [4.78, 5) is 2.29. The van der Waals surface area contributed by atoms with Crippen LogP contribution in [0.3, 0.4) is 0 Å². The lowest BCUT2D eigenvalue weighted by Crippen LogP contribution is -2.55. The fraction of sp³-hybridized carbons (Fsp3) is 0.625. The molecule has 0 saturated carbocycles. The van der Waals surface area contributed by atoms with Crippen LogP contribution in [0.2, 0.25) is 0 Å². The molecule has 0 bridgehead atoms. The molecule has 1 aromatic rings. The van der Waals surface area contributed by atoms with Crippen LogP contribution in [0, 0.1) is 5.82 Å². The summed E-state index contributed by atoms with van der Waals surface area (Å²) in [5, 5.41) is 3.56. The topological polar surface area (TPSA) is 24.5 Å². The number of halogens is 1. The van der Waals surface area contributed by atoms with Gasteiger partial charge in [0.05, 0.1) is 6.61 Å². The largest absolute Gasteiger partial charge is 0.491 e. The molecule has 0 spiro atoms.